The number of sulfone groups is 1. The molecule has 0 aliphatic rings. The molecular formula is C9H12O4S2. The summed E-state index contributed by atoms with van der Waals surface area (Å²) >= 11 is 1.11. The molecule has 1 N–H and O–H groups in total. The van der Waals surface area contributed by atoms with Crippen molar-refractivity contribution in [1.29, 1.82) is 0 Å². The lowest BCUT2D eigenvalue weighted by Crippen LogP contribution is -2.06. The quantitative estimate of drug-likeness (QED) is 0.880. The van der Waals surface area contributed by atoms with Gasteiger partial charge in [-0.15, -0.1) is 11.3 Å². The predicted octanol–water partition coefficient (Wildman–Crippen LogP) is 1.69. The topological polar surface area (TPSA) is 71.4 Å². The van der Waals surface area contributed by atoms with Gasteiger partial charge in [-0.25, -0.2) is 13.2 Å². The average Bonchev–Trinajstić information content (AvgIpc) is 2.47. The van der Waals surface area contributed by atoms with E-state index in [2.05, 4.69) is 0 Å². The molecule has 15 heavy (non-hydrogen) atoms. The van der Waals surface area contributed by atoms with Crippen LogP contribution in [0, 0.1) is 6.92 Å². The summed E-state index contributed by atoms with van der Waals surface area (Å²) in [4.78, 5) is 11.6. The lowest BCUT2D eigenvalue weighted by Gasteiger charge is -1.99. The van der Waals surface area contributed by atoms with Crippen LogP contribution in [0.15, 0.2) is 6.07 Å². The zero-order valence-electron chi connectivity index (χ0n) is 8.48. The molecule has 0 aliphatic heterocycles. The molecule has 84 valence electrons. The summed E-state index contributed by atoms with van der Waals surface area (Å²) < 4.78 is 22.7. The molecule has 0 spiro atoms. The van der Waals surface area contributed by atoms with Gasteiger partial charge in [0.05, 0.1) is 5.75 Å². The Balaban J connectivity index is 3.02. The average molecular weight is 248 g/mol. The molecule has 0 atom stereocenters. The molecular weight excluding hydrogens is 236 g/mol. The van der Waals surface area contributed by atoms with Gasteiger partial charge in [0.1, 0.15) is 4.88 Å². The van der Waals surface area contributed by atoms with E-state index in [1.54, 1.807) is 13.8 Å². The van der Waals surface area contributed by atoms with Crippen molar-refractivity contribution in [2.45, 2.75) is 19.6 Å². The summed E-state index contributed by atoms with van der Waals surface area (Å²) in [5.74, 6) is -1.01. The van der Waals surface area contributed by atoms with Crippen LogP contribution in [0.2, 0.25) is 0 Å². The highest BCUT2D eigenvalue weighted by Gasteiger charge is 2.16. The zero-order valence-corrected chi connectivity index (χ0v) is 10.1. The summed E-state index contributed by atoms with van der Waals surface area (Å²) in [5, 5.41) is 8.74. The van der Waals surface area contributed by atoms with Gasteiger partial charge in [-0.05, 0) is 18.6 Å². The number of carboxylic acid groups (broad SMARTS) is 1. The van der Waals surface area contributed by atoms with Gasteiger partial charge < -0.3 is 5.11 Å². The van der Waals surface area contributed by atoms with Gasteiger partial charge >= 0.3 is 5.97 Å². The Morgan fingerprint density at radius 3 is 2.53 bits per heavy atom. The second kappa shape index (κ2) is 4.32. The van der Waals surface area contributed by atoms with Crippen LogP contribution in [0.1, 0.15) is 27.0 Å². The van der Waals surface area contributed by atoms with Crippen molar-refractivity contribution in [3.05, 3.63) is 21.4 Å². The number of hydrogen-bond acceptors (Lipinski definition) is 4. The molecule has 0 radical (unpaired) electrons. The van der Waals surface area contributed by atoms with Gasteiger partial charge in [0.15, 0.2) is 9.84 Å². The molecule has 1 aromatic rings. The van der Waals surface area contributed by atoms with Crippen molar-refractivity contribution in [3.63, 3.8) is 0 Å². The molecule has 0 bridgehead atoms. The van der Waals surface area contributed by atoms with E-state index in [0.717, 1.165) is 16.2 Å². The maximum atomic E-state index is 11.4. The molecule has 0 amide bonds. The number of thiophene rings is 1. The second-order valence-electron chi connectivity index (χ2n) is 3.17. The lowest BCUT2D eigenvalue weighted by atomic mass is 10.3. The monoisotopic (exact) mass is 248 g/mol. The summed E-state index contributed by atoms with van der Waals surface area (Å²) in [5.41, 5.74) is 0.597. The van der Waals surface area contributed by atoms with Crippen molar-refractivity contribution in [2.75, 3.05) is 5.75 Å². The van der Waals surface area contributed by atoms with E-state index in [0.29, 0.717) is 5.56 Å². The Morgan fingerprint density at radius 2 is 2.13 bits per heavy atom. The van der Waals surface area contributed by atoms with Crippen molar-refractivity contribution >= 4 is 27.1 Å². The van der Waals surface area contributed by atoms with E-state index >= 15 is 0 Å². The van der Waals surface area contributed by atoms with Crippen LogP contribution in [-0.2, 0) is 15.6 Å². The predicted molar refractivity (Wildman–Crippen MR) is 59.2 cm³/mol. The second-order valence-corrected chi connectivity index (χ2v) is 6.78. The molecule has 6 heteroatoms. The first-order valence-corrected chi connectivity index (χ1v) is 7.02. The fourth-order valence-electron chi connectivity index (χ4n) is 1.11. The zero-order chi connectivity index (χ0) is 11.6. The largest absolute Gasteiger partial charge is 0.477 e. The molecule has 4 nitrogen and oxygen atoms in total. The fourth-order valence-corrected chi connectivity index (χ4v) is 3.06. The SMILES string of the molecule is CCS(=O)(=O)Cc1cc(C(=O)O)sc1C. The first-order valence-electron chi connectivity index (χ1n) is 4.38. The Bertz CT molecular complexity index is 470. The van der Waals surface area contributed by atoms with Crippen molar-refractivity contribution in [1.82, 2.24) is 0 Å². The van der Waals surface area contributed by atoms with E-state index in [4.69, 9.17) is 5.11 Å². The van der Waals surface area contributed by atoms with E-state index in [-0.39, 0.29) is 16.4 Å². The normalized spacial score (nSPS) is 11.6. The summed E-state index contributed by atoms with van der Waals surface area (Å²) in [7, 11) is -3.09. The molecule has 0 unspecified atom stereocenters. The van der Waals surface area contributed by atoms with Crippen molar-refractivity contribution in [2.24, 2.45) is 0 Å². The van der Waals surface area contributed by atoms with E-state index in [9.17, 15) is 13.2 Å². The first-order chi connectivity index (χ1) is 6.85. The molecule has 1 aromatic heterocycles. The van der Waals surface area contributed by atoms with Crippen LogP contribution in [-0.4, -0.2) is 25.2 Å². The number of carboxylic acids is 1. The summed E-state index contributed by atoms with van der Waals surface area (Å²) in [6.07, 6.45) is 0. The molecule has 0 saturated carbocycles. The van der Waals surface area contributed by atoms with E-state index in [1.807, 2.05) is 0 Å². The van der Waals surface area contributed by atoms with Gasteiger partial charge in [-0.1, -0.05) is 6.92 Å². The van der Waals surface area contributed by atoms with Crippen molar-refractivity contribution < 1.29 is 18.3 Å². The Morgan fingerprint density at radius 1 is 1.53 bits per heavy atom. The standard InChI is InChI=1S/C9H12O4S2/c1-3-15(12,13)5-7-4-8(9(10)11)14-6(7)2/h4H,3,5H2,1-2H3,(H,10,11). The molecule has 0 aromatic carbocycles. The van der Waals surface area contributed by atoms with Crippen LogP contribution in [0.25, 0.3) is 0 Å². The molecule has 0 fully saturated rings. The van der Waals surface area contributed by atoms with Gasteiger partial charge in [-0.2, -0.15) is 0 Å². The number of rotatable bonds is 4. The van der Waals surface area contributed by atoms with Crippen LogP contribution in [0.5, 0.6) is 0 Å². The summed E-state index contributed by atoms with van der Waals surface area (Å²) in [6.45, 7) is 3.31. The number of aromatic carboxylic acids is 1. The minimum absolute atomic E-state index is 0.0703. The molecule has 0 aliphatic carbocycles. The fraction of sp³-hybridized carbons (Fsp3) is 0.444. The number of carbonyl (C=O) groups is 1. The van der Waals surface area contributed by atoms with Crippen LogP contribution in [0.4, 0.5) is 0 Å². The highest BCUT2D eigenvalue weighted by atomic mass is 32.2. The highest BCUT2D eigenvalue weighted by Crippen LogP contribution is 2.23. The van der Waals surface area contributed by atoms with E-state index < -0.39 is 15.8 Å². The number of hydrogen-bond donors (Lipinski definition) is 1. The minimum atomic E-state index is -3.09. The molecule has 1 rings (SSSR count). The highest BCUT2D eigenvalue weighted by molar-refractivity contribution is 7.90. The Hall–Kier alpha value is -0.880. The van der Waals surface area contributed by atoms with Gasteiger partial charge in [0.25, 0.3) is 0 Å². The third kappa shape index (κ3) is 3.04. The third-order valence-electron chi connectivity index (χ3n) is 2.05. The van der Waals surface area contributed by atoms with E-state index in [1.165, 1.54) is 6.07 Å². The molecule has 1 heterocycles. The smallest absolute Gasteiger partial charge is 0.345 e. The van der Waals surface area contributed by atoms with Gasteiger partial charge in [-0.3, -0.25) is 0 Å². The Labute approximate surface area is 92.5 Å². The number of aryl methyl sites for hydroxylation is 1. The van der Waals surface area contributed by atoms with Crippen LogP contribution < -0.4 is 0 Å². The van der Waals surface area contributed by atoms with Crippen molar-refractivity contribution in [3.8, 4) is 0 Å². The molecule has 0 saturated heterocycles. The lowest BCUT2D eigenvalue weighted by molar-refractivity contribution is 0.0702. The Kier molecular flexibility index (Phi) is 3.51. The van der Waals surface area contributed by atoms with Gasteiger partial charge in [0.2, 0.25) is 0 Å². The van der Waals surface area contributed by atoms with Crippen LogP contribution >= 0.6 is 11.3 Å². The maximum Gasteiger partial charge on any atom is 0.345 e. The summed E-state index contributed by atoms with van der Waals surface area (Å²) in [6, 6.07) is 1.44. The first kappa shape index (κ1) is 12.2. The maximum absolute atomic E-state index is 11.4. The minimum Gasteiger partial charge on any atom is -0.477 e. The van der Waals surface area contributed by atoms with Crippen LogP contribution in [0.3, 0.4) is 0 Å². The third-order valence-corrected chi connectivity index (χ3v) is 4.76. The van der Waals surface area contributed by atoms with Gasteiger partial charge in [0, 0.05) is 10.6 Å².